The van der Waals surface area contributed by atoms with E-state index in [1.54, 1.807) is 12.1 Å². The number of nitro benzene ring substituents is 1. The van der Waals surface area contributed by atoms with E-state index in [0.717, 1.165) is 11.6 Å². The second kappa shape index (κ2) is 9.83. The van der Waals surface area contributed by atoms with Gasteiger partial charge in [0.1, 0.15) is 12.3 Å². The molecule has 0 saturated carbocycles. The lowest BCUT2D eigenvalue weighted by Gasteiger charge is -2.11. The maximum atomic E-state index is 12.0. The maximum absolute atomic E-state index is 12.0. The van der Waals surface area contributed by atoms with Gasteiger partial charge in [0.05, 0.1) is 17.7 Å². The molecular formula is C19H19N3O7. The molecule has 0 spiro atoms. The Morgan fingerprint density at radius 2 is 1.90 bits per heavy atom. The summed E-state index contributed by atoms with van der Waals surface area (Å²) < 4.78 is 9.96. The molecular weight excluding hydrogens is 382 g/mol. The van der Waals surface area contributed by atoms with Crippen molar-refractivity contribution in [2.45, 2.75) is 6.92 Å². The lowest BCUT2D eigenvalue weighted by Crippen LogP contribution is -2.32. The summed E-state index contributed by atoms with van der Waals surface area (Å²) in [5, 5.41) is 15.6. The molecule has 10 heteroatoms. The van der Waals surface area contributed by atoms with Gasteiger partial charge in [0.2, 0.25) is 0 Å². The van der Waals surface area contributed by atoms with Crippen molar-refractivity contribution < 1.29 is 28.8 Å². The second-order valence-electron chi connectivity index (χ2n) is 5.90. The van der Waals surface area contributed by atoms with Gasteiger partial charge < -0.3 is 20.1 Å². The summed E-state index contributed by atoms with van der Waals surface area (Å²) in [5.41, 5.74) is 1.12. The number of rotatable bonds is 8. The van der Waals surface area contributed by atoms with Crippen molar-refractivity contribution in [3.63, 3.8) is 0 Å². The van der Waals surface area contributed by atoms with Crippen molar-refractivity contribution in [2.24, 2.45) is 0 Å². The van der Waals surface area contributed by atoms with Crippen LogP contribution in [0.15, 0.2) is 42.5 Å². The minimum Gasteiger partial charge on any atom is -0.495 e. The number of aryl methyl sites for hydroxylation is 1. The van der Waals surface area contributed by atoms with Gasteiger partial charge in [-0.05, 0) is 30.7 Å². The minimum atomic E-state index is -0.838. The lowest BCUT2D eigenvalue weighted by atomic mass is 10.2. The molecule has 10 nitrogen and oxygen atoms in total. The Labute approximate surface area is 166 Å². The van der Waals surface area contributed by atoms with E-state index in [-0.39, 0.29) is 11.3 Å². The van der Waals surface area contributed by atoms with Gasteiger partial charge in [0.15, 0.2) is 6.61 Å². The van der Waals surface area contributed by atoms with Crippen LogP contribution < -0.4 is 15.4 Å². The monoisotopic (exact) mass is 401 g/mol. The third-order valence-electron chi connectivity index (χ3n) is 3.71. The Bertz CT molecular complexity index is 943. The van der Waals surface area contributed by atoms with Crippen molar-refractivity contribution in [1.82, 2.24) is 5.32 Å². The molecule has 0 aliphatic rings. The number of nitro groups is 1. The van der Waals surface area contributed by atoms with E-state index in [9.17, 15) is 24.5 Å². The molecule has 2 N–H and O–H groups in total. The van der Waals surface area contributed by atoms with Gasteiger partial charge in [-0.3, -0.25) is 24.5 Å². The summed E-state index contributed by atoms with van der Waals surface area (Å²) in [6, 6.07) is 10.3. The number of benzene rings is 2. The normalized spacial score (nSPS) is 10.0. The molecule has 0 aromatic heterocycles. The topological polar surface area (TPSA) is 137 Å². The summed E-state index contributed by atoms with van der Waals surface area (Å²) >= 11 is 0. The summed E-state index contributed by atoms with van der Waals surface area (Å²) in [7, 11) is 1.46. The van der Waals surface area contributed by atoms with Crippen LogP contribution in [0.25, 0.3) is 0 Å². The van der Waals surface area contributed by atoms with Gasteiger partial charge in [-0.25, -0.2) is 0 Å². The third kappa shape index (κ3) is 6.31. The highest BCUT2D eigenvalue weighted by Crippen LogP contribution is 2.25. The second-order valence-corrected chi connectivity index (χ2v) is 5.90. The average Bonchev–Trinajstić information content (AvgIpc) is 2.70. The number of nitrogens with zero attached hydrogens (tertiary/aromatic N) is 1. The number of anilines is 1. The van der Waals surface area contributed by atoms with Crippen LogP contribution in [0.1, 0.15) is 15.9 Å². The van der Waals surface area contributed by atoms with Crippen LogP contribution in [0.2, 0.25) is 0 Å². The predicted molar refractivity (Wildman–Crippen MR) is 103 cm³/mol. The highest BCUT2D eigenvalue weighted by atomic mass is 16.6. The van der Waals surface area contributed by atoms with Gasteiger partial charge in [-0.2, -0.15) is 0 Å². The maximum Gasteiger partial charge on any atom is 0.325 e. The number of esters is 1. The lowest BCUT2D eigenvalue weighted by molar-refractivity contribution is -0.384. The van der Waals surface area contributed by atoms with E-state index in [1.807, 2.05) is 13.0 Å². The van der Waals surface area contributed by atoms with Gasteiger partial charge in [0.25, 0.3) is 17.5 Å². The minimum absolute atomic E-state index is 0.0243. The van der Waals surface area contributed by atoms with E-state index < -0.39 is 35.9 Å². The van der Waals surface area contributed by atoms with Crippen molar-refractivity contribution in [3.05, 3.63) is 63.7 Å². The highest BCUT2D eigenvalue weighted by Gasteiger charge is 2.14. The Hall–Kier alpha value is -3.95. The SMILES string of the molecule is COc1ccc(C)cc1NC(=O)COC(=O)CNC(=O)c1cccc([N+](=O)[O-])c1. The zero-order valence-electron chi connectivity index (χ0n) is 15.8. The van der Waals surface area contributed by atoms with Crippen LogP contribution in [0.5, 0.6) is 5.75 Å². The fraction of sp³-hybridized carbons (Fsp3) is 0.211. The fourth-order valence-corrected chi connectivity index (χ4v) is 2.32. The van der Waals surface area contributed by atoms with Crippen LogP contribution in [0.4, 0.5) is 11.4 Å². The zero-order valence-corrected chi connectivity index (χ0v) is 15.8. The Kier molecular flexibility index (Phi) is 7.24. The van der Waals surface area contributed by atoms with Crippen LogP contribution in [-0.2, 0) is 14.3 Å². The van der Waals surface area contributed by atoms with E-state index in [1.165, 1.54) is 25.3 Å². The molecule has 0 unspecified atom stereocenters. The third-order valence-corrected chi connectivity index (χ3v) is 3.71. The summed E-state index contributed by atoms with van der Waals surface area (Å²) in [4.78, 5) is 45.8. The largest absolute Gasteiger partial charge is 0.495 e. The number of carbonyl (C=O) groups excluding carboxylic acids is 3. The Morgan fingerprint density at radius 1 is 1.14 bits per heavy atom. The molecule has 0 heterocycles. The molecule has 29 heavy (non-hydrogen) atoms. The molecule has 2 aromatic carbocycles. The van der Waals surface area contributed by atoms with Gasteiger partial charge in [-0.1, -0.05) is 12.1 Å². The van der Waals surface area contributed by atoms with Gasteiger partial charge in [-0.15, -0.1) is 0 Å². The number of ether oxygens (including phenoxy) is 2. The molecule has 2 rings (SSSR count). The standard InChI is InChI=1S/C19H19N3O7/c1-12-6-7-16(28-2)15(8-12)21-17(23)11-29-18(24)10-20-19(25)13-4-3-5-14(9-13)22(26)27/h3-9H,10-11H2,1-2H3,(H,20,25)(H,21,23). The number of non-ortho nitro benzene ring substituents is 1. The molecule has 2 aromatic rings. The van der Waals surface area contributed by atoms with Crippen molar-refractivity contribution in [3.8, 4) is 5.75 Å². The summed E-state index contributed by atoms with van der Waals surface area (Å²) in [5.74, 6) is -1.64. The quantitative estimate of drug-likeness (QED) is 0.391. The smallest absolute Gasteiger partial charge is 0.325 e. The number of amides is 2. The Morgan fingerprint density at radius 3 is 2.59 bits per heavy atom. The van der Waals surface area contributed by atoms with Crippen molar-refractivity contribution in [2.75, 3.05) is 25.6 Å². The molecule has 152 valence electrons. The summed E-state index contributed by atoms with van der Waals surface area (Å²) in [6.07, 6.45) is 0. The number of hydrogen-bond donors (Lipinski definition) is 2. The van der Waals surface area contributed by atoms with Gasteiger partial charge >= 0.3 is 5.97 Å². The molecule has 0 bridgehead atoms. The first-order valence-electron chi connectivity index (χ1n) is 8.43. The first-order valence-corrected chi connectivity index (χ1v) is 8.43. The van der Waals surface area contributed by atoms with Gasteiger partial charge in [0, 0.05) is 17.7 Å². The fourth-order valence-electron chi connectivity index (χ4n) is 2.32. The number of nitrogens with one attached hydrogen (secondary N) is 2. The molecule has 0 saturated heterocycles. The molecule has 0 atom stereocenters. The van der Waals surface area contributed by atoms with Crippen LogP contribution in [-0.4, -0.2) is 43.0 Å². The van der Waals surface area contributed by atoms with E-state index >= 15 is 0 Å². The van der Waals surface area contributed by atoms with Crippen molar-refractivity contribution >= 4 is 29.2 Å². The van der Waals surface area contributed by atoms with Crippen LogP contribution in [0, 0.1) is 17.0 Å². The number of hydrogen-bond acceptors (Lipinski definition) is 7. The van der Waals surface area contributed by atoms with E-state index in [4.69, 9.17) is 9.47 Å². The Balaban J connectivity index is 1.82. The molecule has 0 aliphatic heterocycles. The van der Waals surface area contributed by atoms with Crippen molar-refractivity contribution in [1.29, 1.82) is 0 Å². The zero-order chi connectivity index (χ0) is 21.4. The molecule has 0 radical (unpaired) electrons. The number of carbonyl (C=O) groups is 3. The highest BCUT2D eigenvalue weighted by molar-refractivity contribution is 5.97. The molecule has 2 amide bonds. The van der Waals surface area contributed by atoms with E-state index in [2.05, 4.69) is 10.6 Å². The average molecular weight is 401 g/mol. The first kappa shape index (κ1) is 21.4. The predicted octanol–water partition coefficient (Wildman–Crippen LogP) is 1.82. The van der Waals surface area contributed by atoms with E-state index in [0.29, 0.717) is 11.4 Å². The van der Waals surface area contributed by atoms with Crippen LogP contribution in [0.3, 0.4) is 0 Å². The first-order chi connectivity index (χ1) is 13.8. The van der Waals surface area contributed by atoms with Crippen LogP contribution >= 0.6 is 0 Å². The summed E-state index contributed by atoms with van der Waals surface area (Å²) in [6.45, 7) is 0.796. The molecule has 0 aliphatic carbocycles. The molecule has 0 fully saturated rings. The number of methoxy groups -OCH3 is 1.